The van der Waals surface area contributed by atoms with Gasteiger partial charge in [0.05, 0.1) is 29.8 Å². The van der Waals surface area contributed by atoms with Gasteiger partial charge < -0.3 is 9.64 Å². The fourth-order valence-electron chi connectivity index (χ4n) is 2.96. The lowest BCUT2D eigenvalue weighted by Crippen LogP contribution is -2.40. The molecule has 0 unspecified atom stereocenters. The number of morpholine rings is 1. The molecule has 6 nitrogen and oxygen atoms in total. The Morgan fingerprint density at radius 2 is 2.08 bits per heavy atom. The highest BCUT2D eigenvalue weighted by atomic mass is 32.1. The molecule has 0 bridgehead atoms. The lowest BCUT2D eigenvalue weighted by Gasteiger charge is -2.26. The van der Waals surface area contributed by atoms with E-state index >= 15 is 0 Å². The number of hydrogen-bond donors (Lipinski definition) is 0. The number of hydrogen-bond acceptors (Lipinski definition) is 5. The minimum absolute atomic E-state index is 0.0178. The molecule has 0 aromatic carbocycles. The number of aryl methyl sites for hydroxylation is 2. The molecule has 1 amide bonds. The Morgan fingerprint density at radius 3 is 2.79 bits per heavy atom. The van der Waals surface area contributed by atoms with Gasteiger partial charge in [0.1, 0.15) is 4.83 Å². The van der Waals surface area contributed by atoms with Gasteiger partial charge in [-0.15, -0.1) is 11.3 Å². The summed E-state index contributed by atoms with van der Waals surface area (Å²) in [7, 11) is 0. The monoisotopic (exact) mass is 349 g/mol. The first-order valence-electron chi connectivity index (χ1n) is 8.49. The number of aromatic nitrogens is 2. The zero-order valence-corrected chi connectivity index (χ0v) is 15.0. The first kappa shape index (κ1) is 17.1. The van der Waals surface area contributed by atoms with E-state index in [4.69, 9.17) is 4.74 Å². The summed E-state index contributed by atoms with van der Waals surface area (Å²) in [5, 5.41) is 0.593. The van der Waals surface area contributed by atoms with Gasteiger partial charge in [-0.05, 0) is 18.9 Å². The normalized spacial score (nSPS) is 15.2. The van der Waals surface area contributed by atoms with Gasteiger partial charge in [0.2, 0.25) is 0 Å². The largest absolute Gasteiger partial charge is 0.378 e. The Morgan fingerprint density at radius 1 is 1.33 bits per heavy atom. The number of rotatable bonds is 5. The van der Waals surface area contributed by atoms with E-state index in [2.05, 4.69) is 11.9 Å². The van der Waals surface area contributed by atoms with Crippen LogP contribution in [0.3, 0.4) is 0 Å². The summed E-state index contributed by atoms with van der Waals surface area (Å²) >= 11 is 1.32. The van der Waals surface area contributed by atoms with Crippen molar-refractivity contribution in [2.24, 2.45) is 0 Å². The van der Waals surface area contributed by atoms with Gasteiger partial charge in [0.25, 0.3) is 11.5 Å². The minimum atomic E-state index is -0.0362. The summed E-state index contributed by atoms with van der Waals surface area (Å²) in [5.41, 5.74) is 0.722. The van der Waals surface area contributed by atoms with E-state index in [1.54, 1.807) is 15.8 Å². The Balaban J connectivity index is 1.93. The highest BCUT2D eigenvalue weighted by Gasteiger charge is 2.24. The molecule has 2 aromatic rings. The number of carbonyl (C=O) groups excluding carboxylic acids is 1. The van der Waals surface area contributed by atoms with E-state index in [-0.39, 0.29) is 11.5 Å². The topological polar surface area (TPSA) is 64.4 Å². The number of nitrogens with zero attached hydrogens (tertiary/aromatic N) is 3. The van der Waals surface area contributed by atoms with Gasteiger partial charge in [0.15, 0.2) is 0 Å². The lowest BCUT2D eigenvalue weighted by molar-refractivity contribution is 0.0306. The Bertz CT molecular complexity index is 790. The molecule has 130 valence electrons. The summed E-state index contributed by atoms with van der Waals surface area (Å²) in [4.78, 5) is 33.0. The molecule has 0 spiro atoms. The fourth-order valence-corrected chi connectivity index (χ4v) is 4.07. The second kappa shape index (κ2) is 7.44. The third-order valence-corrected chi connectivity index (χ3v) is 5.60. The fraction of sp³-hybridized carbons (Fsp3) is 0.588. The van der Waals surface area contributed by atoms with E-state index in [1.807, 2.05) is 6.92 Å². The molecule has 1 aliphatic rings. The average molecular weight is 349 g/mol. The van der Waals surface area contributed by atoms with E-state index in [0.29, 0.717) is 47.9 Å². The molecule has 1 saturated heterocycles. The SMILES string of the molecule is CCCCCn1cnc2sc(C(=O)N3CCOCC3)c(C)c2c1=O. The molecular formula is C17H23N3O3S. The second-order valence-corrected chi connectivity index (χ2v) is 7.09. The minimum Gasteiger partial charge on any atom is -0.378 e. The van der Waals surface area contributed by atoms with Crippen molar-refractivity contribution in [3.63, 3.8) is 0 Å². The van der Waals surface area contributed by atoms with Crippen LogP contribution in [0.4, 0.5) is 0 Å². The predicted molar refractivity (Wildman–Crippen MR) is 94.9 cm³/mol. The van der Waals surface area contributed by atoms with E-state index in [0.717, 1.165) is 24.8 Å². The number of ether oxygens (including phenoxy) is 1. The van der Waals surface area contributed by atoms with Crippen molar-refractivity contribution in [2.45, 2.75) is 39.7 Å². The van der Waals surface area contributed by atoms with E-state index in [9.17, 15) is 9.59 Å². The average Bonchev–Trinajstić information content (AvgIpc) is 2.94. The van der Waals surface area contributed by atoms with Crippen LogP contribution in [0.2, 0.25) is 0 Å². The van der Waals surface area contributed by atoms with E-state index in [1.165, 1.54) is 11.3 Å². The molecule has 24 heavy (non-hydrogen) atoms. The summed E-state index contributed by atoms with van der Waals surface area (Å²) in [6, 6.07) is 0. The molecule has 0 radical (unpaired) electrons. The molecule has 0 N–H and O–H groups in total. The quantitative estimate of drug-likeness (QED) is 0.778. The van der Waals surface area contributed by atoms with Crippen LogP contribution in [0, 0.1) is 6.92 Å². The first-order chi connectivity index (χ1) is 11.6. The van der Waals surface area contributed by atoms with Crippen LogP contribution < -0.4 is 5.56 Å². The third kappa shape index (κ3) is 3.23. The Kier molecular flexibility index (Phi) is 5.30. The molecule has 3 heterocycles. The smallest absolute Gasteiger partial charge is 0.264 e. The van der Waals surface area contributed by atoms with Crippen LogP contribution in [0.1, 0.15) is 41.4 Å². The number of unbranched alkanes of at least 4 members (excludes halogenated alkanes) is 2. The number of carbonyl (C=O) groups is 1. The van der Waals surface area contributed by atoms with Gasteiger partial charge >= 0.3 is 0 Å². The van der Waals surface area contributed by atoms with Crippen LogP contribution in [-0.2, 0) is 11.3 Å². The van der Waals surface area contributed by atoms with Crippen LogP contribution in [0.15, 0.2) is 11.1 Å². The zero-order chi connectivity index (χ0) is 17.1. The van der Waals surface area contributed by atoms with Crippen molar-refractivity contribution in [3.8, 4) is 0 Å². The van der Waals surface area contributed by atoms with Gasteiger partial charge in [-0.2, -0.15) is 0 Å². The van der Waals surface area contributed by atoms with Crippen LogP contribution in [0.5, 0.6) is 0 Å². The van der Waals surface area contributed by atoms with Gasteiger partial charge in [-0.3, -0.25) is 14.2 Å². The molecule has 0 saturated carbocycles. The number of thiophene rings is 1. The van der Waals surface area contributed by atoms with Gasteiger partial charge in [-0.25, -0.2) is 4.98 Å². The summed E-state index contributed by atoms with van der Waals surface area (Å²) in [5.74, 6) is -0.0178. The standard InChI is InChI=1S/C17H23N3O3S/c1-3-4-5-6-20-11-18-15-13(16(20)21)12(2)14(24-15)17(22)19-7-9-23-10-8-19/h11H,3-10H2,1-2H3. The molecule has 7 heteroatoms. The van der Waals surface area contributed by atoms with Crippen LogP contribution in [0.25, 0.3) is 10.2 Å². The molecule has 3 rings (SSSR count). The maximum absolute atomic E-state index is 12.7. The Hall–Kier alpha value is -1.73. The maximum atomic E-state index is 12.7. The van der Waals surface area contributed by atoms with Crippen molar-refractivity contribution in [3.05, 3.63) is 27.1 Å². The van der Waals surface area contributed by atoms with Gasteiger partial charge in [0, 0.05) is 19.6 Å². The Labute approximate surface area is 145 Å². The molecule has 2 aromatic heterocycles. The number of amides is 1. The maximum Gasteiger partial charge on any atom is 0.264 e. The lowest BCUT2D eigenvalue weighted by atomic mass is 10.2. The summed E-state index contributed by atoms with van der Waals surface area (Å²) in [6.07, 6.45) is 4.78. The molecular weight excluding hydrogens is 326 g/mol. The van der Waals surface area contributed by atoms with Gasteiger partial charge in [-0.1, -0.05) is 19.8 Å². The highest BCUT2D eigenvalue weighted by Crippen LogP contribution is 2.28. The molecule has 1 aliphatic heterocycles. The van der Waals surface area contributed by atoms with Crippen molar-refractivity contribution in [1.82, 2.24) is 14.5 Å². The van der Waals surface area contributed by atoms with Crippen molar-refractivity contribution >= 4 is 27.5 Å². The first-order valence-corrected chi connectivity index (χ1v) is 9.30. The van der Waals surface area contributed by atoms with Crippen LogP contribution >= 0.6 is 11.3 Å². The highest BCUT2D eigenvalue weighted by molar-refractivity contribution is 7.20. The van der Waals surface area contributed by atoms with E-state index < -0.39 is 0 Å². The molecule has 0 atom stereocenters. The van der Waals surface area contributed by atoms with Crippen LogP contribution in [-0.4, -0.2) is 46.7 Å². The third-order valence-electron chi connectivity index (χ3n) is 4.41. The van der Waals surface area contributed by atoms with Crippen molar-refractivity contribution in [2.75, 3.05) is 26.3 Å². The molecule has 1 fully saturated rings. The predicted octanol–water partition coefficient (Wildman–Crippen LogP) is 2.43. The summed E-state index contributed by atoms with van der Waals surface area (Å²) < 4.78 is 6.97. The molecule has 0 aliphatic carbocycles. The van der Waals surface area contributed by atoms with Crippen molar-refractivity contribution in [1.29, 1.82) is 0 Å². The zero-order valence-electron chi connectivity index (χ0n) is 14.2. The number of fused-ring (bicyclic) bond motifs is 1. The summed E-state index contributed by atoms with van der Waals surface area (Å²) in [6.45, 7) is 7.00. The second-order valence-electron chi connectivity index (χ2n) is 6.09. The van der Waals surface area contributed by atoms with Crippen molar-refractivity contribution < 1.29 is 9.53 Å².